The Bertz CT molecular complexity index is 186. The van der Waals surface area contributed by atoms with Crippen LogP contribution < -0.4 is 5.32 Å². The molecule has 80 valence electrons. The lowest BCUT2D eigenvalue weighted by Gasteiger charge is -2.30. The van der Waals surface area contributed by atoms with Gasteiger partial charge in [0, 0.05) is 25.7 Å². The molecule has 3 rings (SSSR count). The summed E-state index contributed by atoms with van der Waals surface area (Å²) in [5.41, 5.74) is 0. The van der Waals surface area contributed by atoms with Gasteiger partial charge in [-0.3, -0.25) is 0 Å². The molecule has 14 heavy (non-hydrogen) atoms. The van der Waals surface area contributed by atoms with E-state index in [9.17, 15) is 0 Å². The average molecular weight is 194 g/mol. The van der Waals surface area contributed by atoms with E-state index in [-0.39, 0.29) is 0 Å². The Kier molecular flexibility index (Phi) is 2.50. The molecule has 2 saturated heterocycles. The Hall–Kier alpha value is -0.0800. The molecule has 2 aliphatic heterocycles. The molecule has 2 heteroatoms. The molecule has 0 aromatic carbocycles. The molecule has 1 N–H and O–H groups in total. The highest BCUT2D eigenvalue weighted by molar-refractivity contribution is 4.92. The van der Waals surface area contributed by atoms with Gasteiger partial charge in [-0.1, -0.05) is 6.42 Å². The van der Waals surface area contributed by atoms with E-state index < -0.39 is 0 Å². The summed E-state index contributed by atoms with van der Waals surface area (Å²) in [5, 5.41) is 3.68. The van der Waals surface area contributed by atoms with E-state index >= 15 is 0 Å². The zero-order valence-corrected chi connectivity index (χ0v) is 9.04. The smallest absolute Gasteiger partial charge is 0.0235 e. The Labute approximate surface area is 87.0 Å². The van der Waals surface area contributed by atoms with Crippen molar-refractivity contribution in [3.05, 3.63) is 0 Å². The van der Waals surface area contributed by atoms with Crippen LogP contribution >= 0.6 is 0 Å². The van der Waals surface area contributed by atoms with Crippen molar-refractivity contribution in [3.8, 4) is 0 Å². The van der Waals surface area contributed by atoms with Gasteiger partial charge in [0.2, 0.25) is 0 Å². The number of nitrogens with zero attached hydrogens (tertiary/aromatic N) is 1. The van der Waals surface area contributed by atoms with Crippen LogP contribution in [0, 0.1) is 11.8 Å². The van der Waals surface area contributed by atoms with Crippen molar-refractivity contribution >= 4 is 0 Å². The minimum absolute atomic E-state index is 0.837. The van der Waals surface area contributed by atoms with Gasteiger partial charge in [0.05, 0.1) is 0 Å². The monoisotopic (exact) mass is 194 g/mol. The minimum Gasteiger partial charge on any atom is -0.312 e. The van der Waals surface area contributed by atoms with Crippen LogP contribution in [0.25, 0.3) is 0 Å². The number of piperidine rings is 1. The van der Waals surface area contributed by atoms with Crippen molar-refractivity contribution < 1.29 is 0 Å². The Morgan fingerprint density at radius 2 is 2.00 bits per heavy atom. The first-order valence-corrected chi connectivity index (χ1v) is 6.37. The van der Waals surface area contributed by atoms with Crippen LogP contribution in [0.1, 0.15) is 32.1 Å². The van der Waals surface area contributed by atoms with Gasteiger partial charge in [-0.25, -0.2) is 0 Å². The second kappa shape index (κ2) is 3.82. The van der Waals surface area contributed by atoms with Crippen LogP contribution in [-0.2, 0) is 0 Å². The van der Waals surface area contributed by atoms with Crippen LogP contribution in [0.2, 0.25) is 0 Å². The van der Waals surface area contributed by atoms with Crippen molar-refractivity contribution in [1.29, 1.82) is 0 Å². The lowest BCUT2D eigenvalue weighted by molar-refractivity contribution is 0.200. The molecule has 0 radical (unpaired) electrons. The number of hydrogen-bond acceptors (Lipinski definition) is 2. The fraction of sp³-hybridized carbons (Fsp3) is 1.00. The molecule has 0 amide bonds. The molecular weight excluding hydrogens is 172 g/mol. The van der Waals surface area contributed by atoms with E-state index in [0.29, 0.717) is 0 Å². The van der Waals surface area contributed by atoms with Crippen LogP contribution in [0.4, 0.5) is 0 Å². The summed E-state index contributed by atoms with van der Waals surface area (Å²) in [6.45, 7) is 5.38. The molecule has 1 aliphatic carbocycles. The third kappa shape index (κ3) is 1.70. The molecule has 0 bridgehead atoms. The maximum Gasteiger partial charge on any atom is 0.0235 e. The maximum atomic E-state index is 3.68. The summed E-state index contributed by atoms with van der Waals surface area (Å²) in [4.78, 5) is 2.72. The molecule has 1 saturated carbocycles. The molecule has 2 nitrogen and oxygen atoms in total. The molecular formula is C12H22N2. The molecule has 3 fully saturated rings. The van der Waals surface area contributed by atoms with Crippen molar-refractivity contribution in [3.63, 3.8) is 0 Å². The molecule has 0 aromatic heterocycles. The fourth-order valence-corrected chi connectivity index (χ4v) is 3.33. The molecule has 0 spiro atoms. The number of likely N-dealkylation sites (tertiary alicyclic amines) is 1. The van der Waals surface area contributed by atoms with Crippen molar-refractivity contribution in [2.45, 2.75) is 38.1 Å². The van der Waals surface area contributed by atoms with Gasteiger partial charge in [-0.2, -0.15) is 0 Å². The van der Waals surface area contributed by atoms with E-state index in [1.54, 1.807) is 0 Å². The van der Waals surface area contributed by atoms with E-state index in [1.165, 1.54) is 58.3 Å². The SMILES string of the molecule is C1CC(CN2C[C@@H]3CCCN[C@@H]3C2)C1. The predicted molar refractivity (Wildman–Crippen MR) is 58.3 cm³/mol. The van der Waals surface area contributed by atoms with E-state index in [2.05, 4.69) is 10.2 Å². The van der Waals surface area contributed by atoms with E-state index in [1.807, 2.05) is 0 Å². The Balaban J connectivity index is 1.52. The van der Waals surface area contributed by atoms with Gasteiger partial charge in [-0.15, -0.1) is 0 Å². The normalized spacial score (nSPS) is 39.4. The first-order valence-electron chi connectivity index (χ1n) is 6.37. The summed E-state index contributed by atoms with van der Waals surface area (Å²) >= 11 is 0. The molecule has 0 unspecified atom stereocenters. The summed E-state index contributed by atoms with van der Waals surface area (Å²) in [7, 11) is 0. The highest BCUT2D eigenvalue weighted by Crippen LogP contribution is 2.31. The van der Waals surface area contributed by atoms with E-state index in [4.69, 9.17) is 0 Å². The average Bonchev–Trinajstić information content (AvgIpc) is 2.53. The molecule has 2 heterocycles. The number of fused-ring (bicyclic) bond motifs is 1. The Morgan fingerprint density at radius 1 is 1.07 bits per heavy atom. The maximum absolute atomic E-state index is 3.68. The zero-order valence-electron chi connectivity index (χ0n) is 9.04. The zero-order chi connectivity index (χ0) is 9.38. The first kappa shape index (κ1) is 9.17. The van der Waals surface area contributed by atoms with Crippen LogP contribution in [0.3, 0.4) is 0 Å². The second-order valence-electron chi connectivity index (χ2n) is 5.48. The largest absolute Gasteiger partial charge is 0.312 e. The van der Waals surface area contributed by atoms with Gasteiger partial charge in [0.25, 0.3) is 0 Å². The highest BCUT2D eigenvalue weighted by Gasteiger charge is 2.35. The number of hydrogen-bond donors (Lipinski definition) is 1. The van der Waals surface area contributed by atoms with Crippen molar-refractivity contribution in [2.24, 2.45) is 11.8 Å². The third-order valence-corrected chi connectivity index (χ3v) is 4.42. The summed E-state index contributed by atoms with van der Waals surface area (Å²) in [5.74, 6) is 2.03. The quantitative estimate of drug-likeness (QED) is 0.716. The topological polar surface area (TPSA) is 15.3 Å². The molecule has 0 aromatic rings. The molecule has 2 atom stereocenters. The van der Waals surface area contributed by atoms with Crippen molar-refractivity contribution in [2.75, 3.05) is 26.2 Å². The van der Waals surface area contributed by atoms with Gasteiger partial charge in [-0.05, 0) is 44.1 Å². The fourth-order valence-electron chi connectivity index (χ4n) is 3.33. The standard InChI is InChI=1S/C12H22N2/c1-3-10(4-1)7-14-8-11-5-2-6-13-12(11)9-14/h10-13H,1-9H2/t11-,12+/m0/s1. The highest BCUT2D eigenvalue weighted by atomic mass is 15.2. The van der Waals surface area contributed by atoms with Gasteiger partial charge in [0.1, 0.15) is 0 Å². The third-order valence-electron chi connectivity index (χ3n) is 4.42. The van der Waals surface area contributed by atoms with Crippen LogP contribution in [0.15, 0.2) is 0 Å². The van der Waals surface area contributed by atoms with Gasteiger partial charge in [0.15, 0.2) is 0 Å². The summed E-state index contributed by atoms with van der Waals surface area (Å²) in [6, 6.07) is 0.837. The molecule has 3 aliphatic rings. The second-order valence-corrected chi connectivity index (χ2v) is 5.48. The van der Waals surface area contributed by atoms with E-state index in [0.717, 1.165) is 17.9 Å². The first-order chi connectivity index (χ1) is 6.92. The predicted octanol–water partition coefficient (Wildman–Crippen LogP) is 1.47. The number of nitrogens with one attached hydrogen (secondary N) is 1. The van der Waals surface area contributed by atoms with Crippen LogP contribution in [-0.4, -0.2) is 37.1 Å². The lowest BCUT2D eigenvalue weighted by Crippen LogP contribution is -2.41. The lowest BCUT2D eigenvalue weighted by atomic mass is 9.85. The minimum atomic E-state index is 0.837. The van der Waals surface area contributed by atoms with Gasteiger partial charge < -0.3 is 10.2 Å². The van der Waals surface area contributed by atoms with Crippen LogP contribution in [0.5, 0.6) is 0 Å². The van der Waals surface area contributed by atoms with Crippen molar-refractivity contribution in [1.82, 2.24) is 10.2 Å². The number of rotatable bonds is 2. The summed E-state index contributed by atoms with van der Waals surface area (Å²) < 4.78 is 0. The Morgan fingerprint density at radius 3 is 2.71 bits per heavy atom. The van der Waals surface area contributed by atoms with Gasteiger partial charge >= 0.3 is 0 Å². The summed E-state index contributed by atoms with van der Waals surface area (Å²) in [6.07, 6.45) is 7.36.